The highest BCUT2D eigenvalue weighted by Gasteiger charge is 2.06. The summed E-state index contributed by atoms with van der Waals surface area (Å²) in [6.07, 6.45) is 0.185. The zero-order valence-electron chi connectivity index (χ0n) is 6.95. The van der Waals surface area contributed by atoms with Gasteiger partial charge >= 0.3 is 0 Å². The lowest BCUT2D eigenvalue weighted by molar-refractivity contribution is -0.117. The molecule has 1 heterocycles. The Morgan fingerprint density at radius 1 is 1.46 bits per heavy atom. The molecule has 0 radical (unpaired) electrons. The number of rotatable bonds is 2. The molecule has 0 saturated carbocycles. The van der Waals surface area contributed by atoms with Gasteiger partial charge in [-0.15, -0.1) is 0 Å². The maximum Gasteiger partial charge on any atom is 0.223 e. The minimum absolute atomic E-state index is 0.185. The van der Waals surface area contributed by atoms with Crippen molar-refractivity contribution < 1.29 is 4.79 Å². The Hall–Kier alpha value is -1.84. The number of primary amides is 1. The topological polar surface area (TPSA) is 71.8 Å². The van der Waals surface area contributed by atoms with Crippen LogP contribution < -0.4 is 5.73 Å². The Balaban J connectivity index is 2.51. The number of aromatic amines is 1. The summed E-state index contributed by atoms with van der Waals surface area (Å²) in [5.74, 6) is -0.364. The van der Waals surface area contributed by atoms with E-state index in [2.05, 4.69) is 10.2 Å². The molecule has 0 atom stereocenters. The molecule has 4 nitrogen and oxygen atoms in total. The van der Waals surface area contributed by atoms with Crippen LogP contribution in [-0.2, 0) is 11.2 Å². The Labute approximate surface area is 74.7 Å². The van der Waals surface area contributed by atoms with E-state index in [1.165, 1.54) is 0 Å². The fraction of sp³-hybridized carbons (Fsp3) is 0.111. The van der Waals surface area contributed by atoms with Crippen LogP contribution in [0.5, 0.6) is 0 Å². The Bertz CT molecular complexity index is 447. The molecule has 0 unspecified atom stereocenters. The third kappa shape index (κ3) is 1.38. The largest absolute Gasteiger partial charge is 0.369 e. The van der Waals surface area contributed by atoms with E-state index in [1.807, 2.05) is 24.3 Å². The molecular formula is C9H9N3O. The quantitative estimate of drug-likeness (QED) is 0.701. The molecule has 0 bridgehead atoms. The van der Waals surface area contributed by atoms with E-state index >= 15 is 0 Å². The summed E-state index contributed by atoms with van der Waals surface area (Å²) in [6.45, 7) is 0. The lowest BCUT2D eigenvalue weighted by Gasteiger charge is -1.91. The fourth-order valence-electron chi connectivity index (χ4n) is 1.32. The number of aromatic nitrogens is 2. The summed E-state index contributed by atoms with van der Waals surface area (Å²) in [4.78, 5) is 10.7. The molecule has 0 fully saturated rings. The highest BCUT2D eigenvalue weighted by Crippen LogP contribution is 2.14. The summed E-state index contributed by atoms with van der Waals surface area (Å²) in [7, 11) is 0. The minimum Gasteiger partial charge on any atom is -0.369 e. The van der Waals surface area contributed by atoms with E-state index in [0.717, 1.165) is 10.9 Å². The van der Waals surface area contributed by atoms with E-state index in [4.69, 9.17) is 5.73 Å². The van der Waals surface area contributed by atoms with Gasteiger partial charge in [-0.05, 0) is 6.07 Å². The van der Waals surface area contributed by atoms with Gasteiger partial charge in [0.25, 0.3) is 0 Å². The Kier molecular flexibility index (Phi) is 1.73. The first-order chi connectivity index (χ1) is 6.27. The number of carbonyl (C=O) groups excluding carboxylic acids is 1. The number of hydrogen-bond donors (Lipinski definition) is 2. The van der Waals surface area contributed by atoms with Crippen LogP contribution in [0.2, 0.25) is 0 Å². The fourth-order valence-corrected chi connectivity index (χ4v) is 1.32. The second-order valence-electron chi connectivity index (χ2n) is 2.86. The molecule has 4 heteroatoms. The van der Waals surface area contributed by atoms with Gasteiger partial charge in [0, 0.05) is 5.39 Å². The first kappa shape index (κ1) is 7.79. The van der Waals surface area contributed by atoms with Crippen molar-refractivity contribution in [3.63, 3.8) is 0 Å². The monoisotopic (exact) mass is 175 g/mol. The molecule has 13 heavy (non-hydrogen) atoms. The van der Waals surface area contributed by atoms with E-state index in [9.17, 15) is 4.79 Å². The predicted octanol–water partition coefficient (Wildman–Crippen LogP) is 0.591. The normalized spacial score (nSPS) is 10.5. The van der Waals surface area contributed by atoms with Crippen molar-refractivity contribution in [2.24, 2.45) is 5.73 Å². The van der Waals surface area contributed by atoms with Crippen molar-refractivity contribution in [1.82, 2.24) is 10.2 Å². The van der Waals surface area contributed by atoms with Crippen LogP contribution in [0.25, 0.3) is 10.9 Å². The molecule has 0 saturated heterocycles. The molecule has 2 rings (SSSR count). The summed E-state index contributed by atoms with van der Waals surface area (Å²) in [5.41, 5.74) is 6.72. The SMILES string of the molecule is NC(=O)Cc1n[nH]c2ccccc12. The zero-order valence-corrected chi connectivity index (χ0v) is 6.95. The number of fused-ring (bicyclic) bond motifs is 1. The van der Waals surface area contributed by atoms with Gasteiger partial charge in [-0.2, -0.15) is 5.10 Å². The summed E-state index contributed by atoms with van der Waals surface area (Å²) in [6, 6.07) is 7.64. The van der Waals surface area contributed by atoms with Gasteiger partial charge in [0.05, 0.1) is 17.6 Å². The lowest BCUT2D eigenvalue weighted by atomic mass is 10.2. The molecule has 66 valence electrons. The van der Waals surface area contributed by atoms with Gasteiger partial charge in [0.1, 0.15) is 0 Å². The number of nitrogens with two attached hydrogens (primary N) is 1. The van der Waals surface area contributed by atoms with Crippen LogP contribution in [0.1, 0.15) is 5.69 Å². The van der Waals surface area contributed by atoms with Gasteiger partial charge in [0.15, 0.2) is 0 Å². The minimum atomic E-state index is -0.364. The molecule has 2 aromatic rings. The molecule has 1 aromatic carbocycles. The van der Waals surface area contributed by atoms with Crippen molar-refractivity contribution >= 4 is 16.8 Å². The molecule has 3 N–H and O–H groups in total. The molecule has 0 aliphatic carbocycles. The number of H-pyrrole nitrogens is 1. The number of nitrogens with zero attached hydrogens (tertiary/aromatic N) is 1. The highest BCUT2D eigenvalue weighted by atomic mass is 16.1. The number of nitrogens with one attached hydrogen (secondary N) is 1. The Morgan fingerprint density at radius 3 is 3.00 bits per heavy atom. The molecule has 0 aliphatic heterocycles. The lowest BCUT2D eigenvalue weighted by Crippen LogP contribution is -2.13. The second-order valence-corrected chi connectivity index (χ2v) is 2.86. The maximum absolute atomic E-state index is 10.7. The zero-order chi connectivity index (χ0) is 9.26. The second kappa shape index (κ2) is 2.90. The summed E-state index contributed by atoms with van der Waals surface area (Å²) >= 11 is 0. The summed E-state index contributed by atoms with van der Waals surface area (Å²) < 4.78 is 0. The van der Waals surface area contributed by atoms with Gasteiger partial charge in [-0.25, -0.2) is 0 Å². The van der Waals surface area contributed by atoms with Crippen molar-refractivity contribution in [2.45, 2.75) is 6.42 Å². The van der Waals surface area contributed by atoms with Crippen molar-refractivity contribution in [3.8, 4) is 0 Å². The molecule has 0 aliphatic rings. The van der Waals surface area contributed by atoms with Crippen LogP contribution in [0.4, 0.5) is 0 Å². The number of para-hydroxylation sites is 1. The molecule has 1 aromatic heterocycles. The number of benzene rings is 1. The van der Waals surface area contributed by atoms with Crippen molar-refractivity contribution in [1.29, 1.82) is 0 Å². The number of amides is 1. The molecule has 0 spiro atoms. The first-order valence-corrected chi connectivity index (χ1v) is 3.97. The number of carbonyl (C=O) groups is 1. The average molecular weight is 175 g/mol. The van der Waals surface area contributed by atoms with Crippen LogP contribution >= 0.6 is 0 Å². The van der Waals surface area contributed by atoms with E-state index in [-0.39, 0.29) is 12.3 Å². The van der Waals surface area contributed by atoms with E-state index in [0.29, 0.717) is 5.69 Å². The van der Waals surface area contributed by atoms with Crippen molar-refractivity contribution in [2.75, 3.05) is 0 Å². The standard InChI is InChI=1S/C9H9N3O/c10-9(13)5-8-6-3-1-2-4-7(6)11-12-8/h1-4H,5H2,(H2,10,13)(H,11,12). The van der Waals surface area contributed by atoms with Gasteiger partial charge in [0.2, 0.25) is 5.91 Å². The third-order valence-electron chi connectivity index (χ3n) is 1.89. The predicted molar refractivity (Wildman–Crippen MR) is 49.0 cm³/mol. The van der Waals surface area contributed by atoms with Crippen LogP contribution in [-0.4, -0.2) is 16.1 Å². The number of hydrogen-bond acceptors (Lipinski definition) is 2. The van der Waals surface area contributed by atoms with Gasteiger partial charge in [-0.3, -0.25) is 9.89 Å². The van der Waals surface area contributed by atoms with Crippen LogP contribution in [0.15, 0.2) is 24.3 Å². The van der Waals surface area contributed by atoms with Crippen molar-refractivity contribution in [3.05, 3.63) is 30.0 Å². The third-order valence-corrected chi connectivity index (χ3v) is 1.89. The van der Waals surface area contributed by atoms with Gasteiger partial charge < -0.3 is 5.73 Å². The molecular weight excluding hydrogens is 166 g/mol. The van der Waals surface area contributed by atoms with Gasteiger partial charge in [-0.1, -0.05) is 18.2 Å². The summed E-state index contributed by atoms with van der Waals surface area (Å²) in [5, 5.41) is 7.80. The smallest absolute Gasteiger partial charge is 0.223 e. The first-order valence-electron chi connectivity index (χ1n) is 3.97. The van der Waals surface area contributed by atoms with Crippen LogP contribution in [0.3, 0.4) is 0 Å². The highest BCUT2D eigenvalue weighted by molar-refractivity contribution is 5.86. The van der Waals surface area contributed by atoms with E-state index in [1.54, 1.807) is 0 Å². The molecule has 1 amide bonds. The Morgan fingerprint density at radius 2 is 2.23 bits per heavy atom. The average Bonchev–Trinajstić information content (AvgIpc) is 2.48. The van der Waals surface area contributed by atoms with E-state index < -0.39 is 0 Å². The maximum atomic E-state index is 10.7. The van der Waals surface area contributed by atoms with Crippen LogP contribution in [0, 0.1) is 0 Å².